The molecule has 0 saturated carbocycles. The van der Waals surface area contributed by atoms with Crippen LogP contribution in [0.4, 0.5) is 0 Å². The van der Waals surface area contributed by atoms with Crippen LogP contribution in [0.5, 0.6) is 0 Å². The lowest BCUT2D eigenvalue weighted by Gasteiger charge is -2.03. The largest absolute Gasteiger partial charge is 0.307 e. The zero-order valence-electron chi connectivity index (χ0n) is 9.88. The molecule has 1 aromatic carbocycles. The quantitative estimate of drug-likeness (QED) is 0.941. The monoisotopic (exact) mass is 307 g/mol. The van der Waals surface area contributed by atoms with Crippen LogP contribution >= 0.6 is 15.9 Å². The maximum atomic E-state index is 4.43. The fraction of sp³-hybridized carbons (Fsp3) is 0.417. The Kier molecular flexibility index (Phi) is 3.38. The predicted octanol–water partition coefficient (Wildman–Crippen LogP) is 1.91. The van der Waals surface area contributed by atoms with Crippen molar-refractivity contribution in [2.24, 2.45) is 0 Å². The number of halogens is 1. The number of hydrogen-bond donors (Lipinski definition) is 1. The molecule has 0 bridgehead atoms. The van der Waals surface area contributed by atoms with Crippen LogP contribution in [0, 0.1) is 0 Å². The normalized spacial score (nSPS) is 19.3. The van der Waals surface area contributed by atoms with Crippen molar-refractivity contribution < 1.29 is 0 Å². The standard InChI is InChI=1S/C12H14BrN5/c13-10-4-1-3-9(7-10)8-18-16-12(15-17-18)11-5-2-6-14-11/h1,3-4,7,11,14H,2,5-6,8H2. The molecule has 0 radical (unpaired) electrons. The molecule has 1 aromatic heterocycles. The summed E-state index contributed by atoms with van der Waals surface area (Å²) >= 11 is 3.46. The Morgan fingerprint density at radius 3 is 3.17 bits per heavy atom. The molecule has 18 heavy (non-hydrogen) atoms. The Labute approximate surface area is 114 Å². The third-order valence-corrected chi connectivity index (χ3v) is 3.55. The van der Waals surface area contributed by atoms with Crippen molar-refractivity contribution in [2.45, 2.75) is 25.4 Å². The number of tetrazole rings is 1. The van der Waals surface area contributed by atoms with Crippen LogP contribution in [0.1, 0.15) is 30.3 Å². The second kappa shape index (κ2) is 5.16. The summed E-state index contributed by atoms with van der Waals surface area (Å²) in [5.41, 5.74) is 1.16. The minimum Gasteiger partial charge on any atom is -0.307 e. The summed E-state index contributed by atoms with van der Waals surface area (Å²) in [5.74, 6) is 0.808. The van der Waals surface area contributed by atoms with E-state index < -0.39 is 0 Å². The molecule has 1 aliphatic heterocycles. The number of nitrogens with one attached hydrogen (secondary N) is 1. The lowest BCUT2D eigenvalue weighted by Crippen LogP contribution is -2.14. The first kappa shape index (κ1) is 11.8. The van der Waals surface area contributed by atoms with Crippen LogP contribution in [-0.4, -0.2) is 26.8 Å². The molecule has 0 spiro atoms. The predicted molar refractivity (Wildman–Crippen MR) is 71.0 cm³/mol. The highest BCUT2D eigenvalue weighted by molar-refractivity contribution is 9.10. The van der Waals surface area contributed by atoms with Crippen LogP contribution in [0.25, 0.3) is 0 Å². The molecular weight excluding hydrogens is 294 g/mol. The first-order chi connectivity index (χ1) is 8.81. The second-order valence-electron chi connectivity index (χ2n) is 4.46. The van der Waals surface area contributed by atoms with Crippen molar-refractivity contribution in [1.29, 1.82) is 0 Å². The number of rotatable bonds is 3. The van der Waals surface area contributed by atoms with Crippen molar-refractivity contribution in [3.05, 3.63) is 40.1 Å². The van der Waals surface area contributed by atoms with Crippen LogP contribution in [0.2, 0.25) is 0 Å². The molecule has 1 fully saturated rings. The Morgan fingerprint density at radius 2 is 2.39 bits per heavy atom. The van der Waals surface area contributed by atoms with E-state index in [-0.39, 0.29) is 6.04 Å². The van der Waals surface area contributed by atoms with E-state index in [0.29, 0.717) is 6.54 Å². The summed E-state index contributed by atoms with van der Waals surface area (Å²) in [6.07, 6.45) is 2.29. The van der Waals surface area contributed by atoms with Crippen molar-refractivity contribution in [1.82, 2.24) is 25.5 Å². The Morgan fingerprint density at radius 1 is 1.44 bits per heavy atom. The molecule has 1 aliphatic rings. The van der Waals surface area contributed by atoms with Gasteiger partial charge in [-0.05, 0) is 42.3 Å². The maximum absolute atomic E-state index is 4.43. The minimum atomic E-state index is 0.279. The van der Waals surface area contributed by atoms with Gasteiger partial charge in [0.15, 0.2) is 5.82 Å². The molecule has 2 heterocycles. The van der Waals surface area contributed by atoms with E-state index in [2.05, 4.69) is 48.8 Å². The fourth-order valence-corrected chi connectivity index (χ4v) is 2.61. The van der Waals surface area contributed by atoms with Gasteiger partial charge in [0.25, 0.3) is 0 Å². The van der Waals surface area contributed by atoms with Gasteiger partial charge in [-0.2, -0.15) is 4.80 Å². The van der Waals surface area contributed by atoms with E-state index in [0.717, 1.165) is 28.8 Å². The Balaban J connectivity index is 1.73. The summed E-state index contributed by atoms with van der Waals surface area (Å²) in [6, 6.07) is 8.42. The SMILES string of the molecule is Brc1cccc(Cn2nnc(C3CCCN3)n2)c1. The lowest BCUT2D eigenvalue weighted by atomic mass is 10.2. The number of nitrogens with zero attached hydrogens (tertiary/aromatic N) is 4. The molecule has 94 valence electrons. The maximum Gasteiger partial charge on any atom is 0.191 e. The highest BCUT2D eigenvalue weighted by atomic mass is 79.9. The van der Waals surface area contributed by atoms with Gasteiger partial charge in [0, 0.05) is 4.47 Å². The van der Waals surface area contributed by atoms with Gasteiger partial charge in [-0.15, -0.1) is 10.2 Å². The van der Waals surface area contributed by atoms with Gasteiger partial charge in [0.2, 0.25) is 0 Å². The van der Waals surface area contributed by atoms with Gasteiger partial charge < -0.3 is 5.32 Å². The summed E-state index contributed by atoms with van der Waals surface area (Å²) in [5, 5.41) is 16.0. The van der Waals surface area contributed by atoms with E-state index in [4.69, 9.17) is 0 Å². The van der Waals surface area contributed by atoms with Gasteiger partial charge >= 0.3 is 0 Å². The van der Waals surface area contributed by atoms with Gasteiger partial charge in [0.05, 0.1) is 12.6 Å². The topological polar surface area (TPSA) is 55.6 Å². The van der Waals surface area contributed by atoms with Crippen molar-refractivity contribution in [2.75, 3.05) is 6.54 Å². The number of benzene rings is 1. The lowest BCUT2D eigenvalue weighted by molar-refractivity contribution is 0.557. The molecule has 1 saturated heterocycles. The van der Waals surface area contributed by atoms with Crippen molar-refractivity contribution in [3.63, 3.8) is 0 Å². The third kappa shape index (κ3) is 2.59. The van der Waals surface area contributed by atoms with Gasteiger partial charge in [-0.25, -0.2) is 0 Å². The van der Waals surface area contributed by atoms with E-state index >= 15 is 0 Å². The van der Waals surface area contributed by atoms with E-state index in [1.54, 1.807) is 4.80 Å². The zero-order valence-corrected chi connectivity index (χ0v) is 11.5. The van der Waals surface area contributed by atoms with Crippen LogP contribution in [0.3, 0.4) is 0 Å². The first-order valence-electron chi connectivity index (χ1n) is 6.07. The Hall–Kier alpha value is -1.27. The molecule has 5 nitrogen and oxygen atoms in total. The van der Waals surface area contributed by atoms with Crippen LogP contribution < -0.4 is 5.32 Å². The highest BCUT2D eigenvalue weighted by Gasteiger charge is 2.20. The van der Waals surface area contributed by atoms with Crippen molar-refractivity contribution in [3.8, 4) is 0 Å². The Bertz CT molecular complexity index is 533. The van der Waals surface area contributed by atoms with E-state index in [1.165, 1.54) is 6.42 Å². The molecule has 1 unspecified atom stereocenters. The van der Waals surface area contributed by atoms with E-state index in [9.17, 15) is 0 Å². The summed E-state index contributed by atoms with van der Waals surface area (Å²) in [7, 11) is 0. The first-order valence-corrected chi connectivity index (χ1v) is 6.86. The smallest absolute Gasteiger partial charge is 0.191 e. The summed E-state index contributed by atoms with van der Waals surface area (Å²) < 4.78 is 1.07. The zero-order chi connectivity index (χ0) is 12.4. The molecule has 1 N–H and O–H groups in total. The van der Waals surface area contributed by atoms with Gasteiger partial charge in [0.1, 0.15) is 0 Å². The summed E-state index contributed by atoms with van der Waals surface area (Å²) in [4.78, 5) is 1.65. The second-order valence-corrected chi connectivity index (χ2v) is 5.37. The van der Waals surface area contributed by atoms with Crippen LogP contribution in [-0.2, 0) is 6.54 Å². The number of aromatic nitrogens is 4. The molecule has 0 aliphatic carbocycles. The fourth-order valence-electron chi connectivity index (χ4n) is 2.17. The molecule has 0 amide bonds. The molecule has 3 rings (SSSR count). The third-order valence-electron chi connectivity index (χ3n) is 3.05. The molecule has 1 atom stereocenters. The van der Waals surface area contributed by atoms with Gasteiger partial charge in [-0.3, -0.25) is 0 Å². The molecule has 2 aromatic rings. The van der Waals surface area contributed by atoms with Crippen LogP contribution in [0.15, 0.2) is 28.7 Å². The molecule has 6 heteroatoms. The van der Waals surface area contributed by atoms with Crippen molar-refractivity contribution >= 4 is 15.9 Å². The van der Waals surface area contributed by atoms with Gasteiger partial charge in [-0.1, -0.05) is 28.1 Å². The summed E-state index contributed by atoms with van der Waals surface area (Å²) in [6.45, 7) is 1.70. The van der Waals surface area contributed by atoms with E-state index in [1.807, 2.05) is 12.1 Å². The average molecular weight is 308 g/mol. The average Bonchev–Trinajstić information content (AvgIpc) is 2.98. The molecular formula is C12H14BrN5. The highest BCUT2D eigenvalue weighted by Crippen LogP contribution is 2.19. The number of hydrogen-bond acceptors (Lipinski definition) is 4. The minimum absolute atomic E-state index is 0.279.